The van der Waals surface area contributed by atoms with E-state index in [2.05, 4.69) is 10.5 Å². The average Bonchev–Trinajstić information content (AvgIpc) is 3.11. The van der Waals surface area contributed by atoms with Crippen LogP contribution < -0.4 is 10.9 Å². The summed E-state index contributed by atoms with van der Waals surface area (Å²) in [7, 11) is 1.68. The van der Waals surface area contributed by atoms with Gasteiger partial charge in [-0.3, -0.25) is 9.59 Å². The Morgan fingerprint density at radius 1 is 1.14 bits per heavy atom. The number of pyridine rings is 1. The summed E-state index contributed by atoms with van der Waals surface area (Å²) < 4.78 is 7.01. The number of hydrogen-bond acceptors (Lipinski definition) is 5. The quantitative estimate of drug-likeness (QED) is 0.740. The smallest absolute Gasteiger partial charge is 0.263 e. The van der Waals surface area contributed by atoms with Gasteiger partial charge >= 0.3 is 0 Å². The Hall–Kier alpha value is -3.35. The Morgan fingerprint density at radius 2 is 1.86 bits per heavy atom. The summed E-state index contributed by atoms with van der Waals surface area (Å²) in [6.07, 6.45) is 0.564. The van der Waals surface area contributed by atoms with Crippen LogP contribution in [0.4, 0.5) is 11.5 Å². The second-order valence-corrected chi connectivity index (χ2v) is 7.55. The summed E-state index contributed by atoms with van der Waals surface area (Å²) in [6, 6.07) is 9.47. The zero-order valence-electron chi connectivity index (χ0n) is 17.1. The highest BCUT2D eigenvalue weighted by molar-refractivity contribution is 5.94. The minimum absolute atomic E-state index is 0.183. The third-order valence-corrected chi connectivity index (χ3v) is 5.62. The van der Waals surface area contributed by atoms with Gasteiger partial charge in [0.25, 0.3) is 11.5 Å². The molecule has 1 N–H and O–H groups in total. The van der Waals surface area contributed by atoms with Crippen LogP contribution in [0.1, 0.15) is 38.5 Å². The van der Waals surface area contributed by atoms with Gasteiger partial charge in [-0.15, -0.1) is 0 Å². The highest BCUT2D eigenvalue weighted by Crippen LogP contribution is 2.31. The second kappa shape index (κ2) is 7.24. The summed E-state index contributed by atoms with van der Waals surface area (Å²) in [5.41, 5.74) is 4.77. The van der Waals surface area contributed by atoms with Gasteiger partial charge in [-0.2, -0.15) is 0 Å². The van der Waals surface area contributed by atoms with Crippen molar-refractivity contribution in [2.45, 2.75) is 33.7 Å². The van der Waals surface area contributed by atoms with Crippen molar-refractivity contribution in [3.8, 4) is 0 Å². The first-order valence-corrected chi connectivity index (χ1v) is 9.63. The zero-order chi connectivity index (χ0) is 20.7. The maximum Gasteiger partial charge on any atom is 0.263 e. The topological polar surface area (TPSA) is 80.4 Å². The first-order chi connectivity index (χ1) is 13.9. The summed E-state index contributed by atoms with van der Waals surface area (Å²) in [6.45, 7) is 6.74. The van der Waals surface area contributed by atoms with Crippen molar-refractivity contribution in [3.05, 3.63) is 74.4 Å². The highest BCUT2D eigenvalue weighted by Gasteiger charge is 2.29. The molecule has 1 amide bonds. The van der Waals surface area contributed by atoms with Gasteiger partial charge in [0, 0.05) is 31.4 Å². The monoisotopic (exact) mass is 392 g/mol. The van der Waals surface area contributed by atoms with Crippen LogP contribution in [0.5, 0.6) is 0 Å². The van der Waals surface area contributed by atoms with E-state index >= 15 is 0 Å². The molecular formula is C22H24N4O3. The van der Waals surface area contributed by atoms with Crippen LogP contribution >= 0.6 is 0 Å². The van der Waals surface area contributed by atoms with E-state index < -0.39 is 0 Å². The van der Waals surface area contributed by atoms with E-state index in [9.17, 15) is 9.59 Å². The van der Waals surface area contributed by atoms with Crippen molar-refractivity contribution in [2.75, 3.05) is 11.9 Å². The number of fused-ring (bicyclic) bond motifs is 1. The second-order valence-electron chi connectivity index (χ2n) is 7.55. The normalized spacial score (nSPS) is 13.3. The molecule has 1 aliphatic heterocycles. The van der Waals surface area contributed by atoms with E-state index in [0.717, 1.165) is 33.8 Å². The Balaban J connectivity index is 1.62. The largest absolute Gasteiger partial charge is 0.359 e. The molecule has 0 saturated heterocycles. The predicted octanol–water partition coefficient (Wildman–Crippen LogP) is 3.24. The van der Waals surface area contributed by atoms with E-state index in [4.69, 9.17) is 4.52 Å². The lowest BCUT2D eigenvalue weighted by Gasteiger charge is -2.26. The highest BCUT2D eigenvalue weighted by atomic mass is 16.5. The third kappa shape index (κ3) is 3.33. The molecule has 0 spiro atoms. The number of nitrogens with zero attached hydrogens (tertiary/aromatic N) is 3. The minimum atomic E-state index is -0.278. The number of carbonyl (C=O) groups excluding carboxylic acids is 1. The Kier molecular flexibility index (Phi) is 4.74. The lowest BCUT2D eigenvalue weighted by molar-refractivity contribution is 0.0726. The number of rotatable bonds is 3. The molecule has 1 aromatic carbocycles. The Labute approximate surface area is 168 Å². The Morgan fingerprint density at radius 3 is 2.59 bits per heavy atom. The number of anilines is 2. The van der Waals surface area contributed by atoms with Crippen molar-refractivity contribution in [1.29, 1.82) is 0 Å². The molecule has 150 valence electrons. The van der Waals surface area contributed by atoms with Crippen LogP contribution in [0.15, 0.2) is 39.6 Å². The van der Waals surface area contributed by atoms with Gasteiger partial charge in [0.1, 0.15) is 11.3 Å². The molecule has 7 heteroatoms. The molecule has 4 rings (SSSR count). The van der Waals surface area contributed by atoms with Crippen molar-refractivity contribution < 1.29 is 9.32 Å². The molecule has 1 aliphatic rings. The van der Waals surface area contributed by atoms with E-state index in [0.29, 0.717) is 25.3 Å². The van der Waals surface area contributed by atoms with Gasteiger partial charge in [-0.1, -0.05) is 23.4 Å². The van der Waals surface area contributed by atoms with E-state index in [1.807, 2.05) is 39.0 Å². The third-order valence-electron chi connectivity index (χ3n) is 5.62. The van der Waals surface area contributed by atoms with Crippen molar-refractivity contribution >= 4 is 17.4 Å². The molecule has 0 bridgehead atoms. The van der Waals surface area contributed by atoms with Crippen LogP contribution in [0, 0.1) is 20.8 Å². The van der Waals surface area contributed by atoms with Gasteiger partial charge in [0.15, 0.2) is 5.82 Å². The fourth-order valence-electron chi connectivity index (χ4n) is 3.67. The molecule has 0 fully saturated rings. The van der Waals surface area contributed by atoms with Crippen LogP contribution in [-0.4, -0.2) is 27.1 Å². The maximum atomic E-state index is 13.0. The zero-order valence-corrected chi connectivity index (χ0v) is 17.1. The Bertz CT molecular complexity index is 1140. The number of aromatic nitrogens is 2. The molecule has 0 aliphatic carbocycles. The average molecular weight is 392 g/mol. The molecule has 7 nitrogen and oxygen atoms in total. The van der Waals surface area contributed by atoms with Gasteiger partial charge in [0.05, 0.1) is 12.1 Å². The molecule has 0 unspecified atom stereocenters. The molecule has 2 aromatic heterocycles. The number of hydrogen-bond donors (Lipinski definition) is 1. The number of amides is 1. The van der Waals surface area contributed by atoms with Crippen LogP contribution in [0.25, 0.3) is 0 Å². The van der Waals surface area contributed by atoms with Crippen LogP contribution in [0.3, 0.4) is 0 Å². The number of para-hydroxylation sites is 1. The summed E-state index contributed by atoms with van der Waals surface area (Å²) >= 11 is 0. The number of benzene rings is 1. The molecule has 0 radical (unpaired) electrons. The lowest BCUT2D eigenvalue weighted by atomic mass is 10.1. The number of aryl methyl sites for hydroxylation is 3. The molecule has 3 heterocycles. The molecule has 0 saturated carbocycles. The number of carbonyl (C=O) groups is 1. The number of nitrogens with one attached hydrogen (secondary N) is 1. The van der Waals surface area contributed by atoms with Gasteiger partial charge in [0.2, 0.25) is 0 Å². The van der Waals surface area contributed by atoms with Crippen molar-refractivity contribution in [1.82, 2.24) is 14.6 Å². The van der Waals surface area contributed by atoms with E-state index in [1.54, 1.807) is 24.1 Å². The van der Waals surface area contributed by atoms with Gasteiger partial charge in [-0.25, -0.2) is 0 Å². The minimum Gasteiger partial charge on any atom is -0.359 e. The van der Waals surface area contributed by atoms with Crippen LogP contribution in [-0.2, 0) is 20.0 Å². The van der Waals surface area contributed by atoms with E-state index in [1.165, 1.54) is 4.57 Å². The lowest BCUT2D eigenvalue weighted by Crippen LogP contribution is -2.39. The summed E-state index contributed by atoms with van der Waals surface area (Å²) in [5.74, 6) is 1.13. The molecule has 0 atom stereocenters. The van der Waals surface area contributed by atoms with Crippen molar-refractivity contribution in [2.24, 2.45) is 7.05 Å². The SMILES string of the molecule is Cc1cccc(C)c1Nc1noc2c1CN(C(=O)c1ccc(C)n(C)c1=O)CC2. The van der Waals surface area contributed by atoms with E-state index in [-0.39, 0.29) is 17.0 Å². The first kappa shape index (κ1) is 19.0. The molecule has 3 aromatic rings. The fourth-order valence-corrected chi connectivity index (χ4v) is 3.67. The first-order valence-electron chi connectivity index (χ1n) is 9.63. The fraction of sp³-hybridized carbons (Fsp3) is 0.318. The molecule has 29 heavy (non-hydrogen) atoms. The predicted molar refractivity (Wildman–Crippen MR) is 111 cm³/mol. The van der Waals surface area contributed by atoms with Crippen molar-refractivity contribution in [3.63, 3.8) is 0 Å². The maximum absolute atomic E-state index is 13.0. The van der Waals surface area contributed by atoms with Crippen LogP contribution in [0.2, 0.25) is 0 Å². The summed E-state index contributed by atoms with van der Waals surface area (Å²) in [5, 5.41) is 7.56. The summed E-state index contributed by atoms with van der Waals surface area (Å²) in [4.78, 5) is 27.2. The van der Waals surface area contributed by atoms with Gasteiger partial charge < -0.3 is 19.3 Å². The van der Waals surface area contributed by atoms with Gasteiger partial charge in [-0.05, 0) is 44.0 Å². The standard InChI is InChI=1S/C22H24N4O3/c1-13-6-5-7-14(2)19(13)23-20-17-12-26(11-10-18(17)29-24-20)22(28)16-9-8-15(3)25(4)21(16)27/h5-9H,10-12H2,1-4H3,(H,23,24). The molecular weight excluding hydrogens is 368 g/mol.